The lowest BCUT2D eigenvalue weighted by atomic mass is 10.1. The Balaban J connectivity index is 2.51. The number of hydrogen-bond donors (Lipinski definition) is 1. The van der Waals surface area contributed by atoms with Crippen molar-refractivity contribution in [2.75, 3.05) is 19.0 Å². The van der Waals surface area contributed by atoms with Gasteiger partial charge in [-0.3, -0.25) is 0 Å². The van der Waals surface area contributed by atoms with Crippen molar-refractivity contribution < 1.29 is 8.42 Å². The Kier molecular flexibility index (Phi) is 5.75. The van der Waals surface area contributed by atoms with Gasteiger partial charge >= 0.3 is 0 Å². The van der Waals surface area contributed by atoms with Gasteiger partial charge in [0.05, 0.1) is 0 Å². The molecule has 1 rings (SSSR count). The maximum absolute atomic E-state index is 11.9. The van der Waals surface area contributed by atoms with Gasteiger partial charge in [0.2, 0.25) is 0 Å². The van der Waals surface area contributed by atoms with E-state index in [4.69, 9.17) is 11.6 Å². The summed E-state index contributed by atoms with van der Waals surface area (Å²) in [4.78, 5) is 0. The van der Waals surface area contributed by atoms with Crippen LogP contribution in [-0.2, 0) is 10.2 Å². The smallest absolute Gasteiger partial charge is 0.198 e. The Hall–Kier alpha value is -0.100. The molecule has 1 heterocycles. The predicted molar refractivity (Wildman–Crippen MR) is 66.8 cm³/mol. The number of nitrogens with zero attached hydrogens (tertiary/aromatic N) is 1. The van der Waals surface area contributed by atoms with Gasteiger partial charge in [-0.1, -0.05) is 18.6 Å². The molecule has 1 atom stereocenters. The highest BCUT2D eigenvalue weighted by Gasteiger charge is 2.28. The first-order valence-corrected chi connectivity index (χ1v) is 7.53. The summed E-state index contributed by atoms with van der Waals surface area (Å²) in [5.74, 6) is 0.405. The van der Waals surface area contributed by atoms with Crippen LogP contribution in [0, 0.1) is 0 Å². The van der Waals surface area contributed by atoms with Gasteiger partial charge in [-0.05, 0) is 19.8 Å². The highest BCUT2D eigenvalue weighted by atomic mass is 35.5. The van der Waals surface area contributed by atoms with Crippen molar-refractivity contribution in [2.24, 2.45) is 0 Å². The first-order valence-electron chi connectivity index (χ1n) is 5.55. The summed E-state index contributed by atoms with van der Waals surface area (Å²) in [6, 6.07) is 0.100. The molecule has 0 bridgehead atoms. The van der Waals surface area contributed by atoms with Gasteiger partial charge in [0.15, 0.2) is 0 Å². The molecule has 0 aliphatic carbocycles. The molecule has 16 heavy (non-hydrogen) atoms. The van der Waals surface area contributed by atoms with E-state index in [0.717, 1.165) is 19.3 Å². The van der Waals surface area contributed by atoms with Crippen molar-refractivity contribution in [1.29, 1.82) is 0 Å². The quantitative estimate of drug-likeness (QED) is 0.606. The highest BCUT2D eigenvalue weighted by molar-refractivity contribution is 7.87. The van der Waals surface area contributed by atoms with Gasteiger partial charge in [-0.25, -0.2) is 0 Å². The summed E-state index contributed by atoms with van der Waals surface area (Å²) >= 11 is 5.45. The number of piperidine rings is 1. The SMILES string of the molecule is CC1CCCCN1S(=O)(=O)NC/C=C/CCl. The van der Waals surface area contributed by atoms with Crippen LogP contribution < -0.4 is 4.72 Å². The minimum Gasteiger partial charge on any atom is -0.198 e. The second-order valence-corrected chi connectivity index (χ2v) is 5.95. The zero-order chi connectivity index (χ0) is 12.0. The normalized spacial score (nSPS) is 24.0. The third-order valence-corrected chi connectivity index (χ3v) is 4.56. The average molecular weight is 267 g/mol. The topological polar surface area (TPSA) is 49.4 Å². The second kappa shape index (κ2) is 6.59. The van der Waals surface area contributed by atoms with Gasteiger partial charge < -0.3 is 0 Å². The molecule has 0 aromatic carbocycles. The summed E-state index contributed by atoms with van der Waals surface area (Å²) in [5, 5.41) is 0. The van der Waals surface area contributed by atoms with E-state index >= 15 is 0 Å². The molecule has 0 saturated carbocycles. The van der Waals surface area contributed by atoms with Gasteiger partial charge in [-0.15, -0.1) is 11.6 Å². The highest BCUT2D eigenvalue weighted by Crippen LogP contribution is 2.18. The van der Waals surface area contributed by atoms with E-state index in [1.54, 1.807) is 16.5 Å². The molecule has 0 aromatic rings. The van der Waals surface area contributed by atoms with E-state index in [1.165, 1.54) is 0 Å². The van der Waals surface area contributed by atoms with Crippen LogP contribution in [0.1, 0.15) is 26.2 Å². The van der Waals surface area contributed by atoms with Crippen molar-refractivity contribution in [1.82, 2.24) is 9.03 Å². The van der Waals surface area contributed by atoms with E-state index in [9.17, 15) is 8.42 Å². The molecule has 94 valence electrons. The molecule has 1 aliphatic rings. The lowest BCUT2D eigenvalue weighted by Gasteiger charge is -2.32. The van der Waals surface area contributed by atoms with Crippen LogP contribution in [0.25, 0.3) is 0 Å². The number of alkyl halides is 1. The van der Waals surface area contributed by atoms with Gasteiger partial charge in [0.1, 0.15) is 0 Å². The minimum absolute atomic E-state index is 0.100. The lowest BCUT2D eigenvalue weighted by Crippen LogP contribution is -2.47. The fourth-order valence-corrected chi connectivity index (χ4v) is 3.36. The van der Waals surface area contributed by atoms with Crippen molar-refractivity contribution in [3.8, 4) is 0 Å². The molecule has 1 aliphatic heterocycles. The molecule has 1 saturated heterocycles. The van der Waals surface area contributed by atoms with Gasteiger partial charge in [-0.2, -0.15) is 17.4 Å². The monoisotopic (exact) mass is 266 g/mol. The lowest BCUT2D eigenvalue weighted by molar-refractivity contribution is 0.266. The molecule has 0 spiro atoms. The van der Waals surface area contributed by atoms with Crippen molar-refractivity contribution in [3.05, 3.63) is 12.2 Å². The number of nitrogens with one attached hydrogen (secondary N) is 1. The Morgan fingerprint density at radius 3 is 2.81 bits per heavy atom. The first kappa shape index (κ1) is 14.0. The number of hydrogen-bond acceptors (Lipinski definition) is 2. The summed E-state index contributed by atoms with van der Waals surface area (Å²) in [6.45, 7) is 2.88. The fourth-order valence-electron chi connectivity index (χ4n) is 1.81. The van der Waals surface area contributed by atoms with E-state index in [1.807, 2.05) is 6.92 Å². The molecule has 6 heteroatoms. The van der Waals surface area contributed by atoms with Crippen molar-refractivity contribution in [2.45, 2.75) is 32.2 Å². The Bertz CT molecular complexity index is 330. The third-order valence-electron chi connectivity index (χ3n) is 2.69. The van der Waals surface area contributed by atoms with Crippen LogP contribution in [-0.4, -0.2) is 37.7 Å². The molecule has 0 amide bonds. The van der Waals surface area contributed by atoms with Crippen LogP contribution >= 0.6 is 11.6 Å². The predicted octanol–water partition coefficient (Wildman–Crippen LogP) is 1.49. The molecule has 1 N–H and O–H groups in total. The largest absolute Gasteiger partial charge is 0.279 e. The molecular formula is C10H19ClN2O2S. The van der Waals surface area contributed by atoms with E-state index in [0.29, 0.717) is 19.0 Å². The Morgan fingerprint density at radius 1 is 1.44 bits per heavy atom. The molecular weight excluding hydrogens is 248 g/mol. The Labute approximate surface area is 103 Å². The second-order valence-electron chi connectivity index (χ2n) is 3.93. The standard InChI is InChI=1S/C10H19ClN2O2S/c1-10-6-2-5-9-13(10)16(14,15)12-8-4-3-7-11/h3-4,10,12H,2,5-9H2,1H3/b4-3+. The van der Waals surface area contributed by atoms with Crippen LogP contribution in [0.4, 0.5) is 0 Å². The number of halogens is 1. The van der Waals surface area contributed by atoms with Crippen molar-refractivity contribution in [3.63, 3.8) is 0 Å². The van der Waals surface area contributed by atoms with Crippen LogP contribution in [0.5, 0.6) is 0 Å². The summed E-state index contributed by atoms with van der Waals surface area (Å²) < 4.78 is 27.9. The van der Waals surface area contributed by atoms with E-state index < -0.39 is 10.2 Å². The van der Waals surface area contributed by atoms with E-state index in [-0.39, 0.29) is 6.04 Å². The first-order chi connectivity index (χ1) is 7.58. The molecule has 0 radical (unpaired) electrons. The molecule has 4 nitrogen and oxygen atoms in total. The maximum atomic E-state index is 11.9. The van der Waals surface area contributed by atoms with Crippen molar-refractivity contribution >= 4 is 21.8 Å². The van der Waals surface area contributed by atoms with Gasteiger partial charge in [0.25, 0.3) is 10.2 Å². The third kappa shape index (κ3) is 4.05. The van der Waals surface area contributed by atoms with Crippen LogP contribution in [0.15, 0.2) is 12.2 Å². The van der Waals surface area contributed by atoms with E-state index in [2.05, 4.69) is 4.72 Å². The molecule has 1 unspecified atom stereocenters. The Morgan fingerprint density at radius 2 is 2.19 bits per heavy atom. The summed E-state index contributed by atoms with van der Waals surface area (Å²) in [5.41, 5.74) is 0. The minimum atomic E-state index is -3.32. The fraction of sp³-hybridized carbons (Fsp3) is 0.800. The van der Waals surface area contributed by atoms with Crippen LogP contribution in [0.3, 0.4) is 0 Å². The maximum Gasteiger partial charge on any atom is 0.279 e. The molecule has 0 aromatic heterocycles. The van der Waals surface area contributed by atoms with Crippen LogP contribution in [0.2, 0.25) is 0 Å². The average Bonchev–Trinajstić information content (AvgIpc) is 2.25. The zero-order valence-corrected chi connectivity index (χ0v) is 11.1. The zero-order valence-electron chi connectivity index (χ0n) is 9.52. The number of allylic oxidation sites excluding steroid dienone is 1. The van der Waals surface area contributed by atoms with Gasteiger partial charge in [0, 0.05) is 25.0 Å². The summed E-state index contributed by atoms with van der Waals surface area (Å²) in [6.07, 6.45) is 6.45. The molecule has 1 fully saturated rings. The number of rotatable bonds is 5. The summed E-state index contributed by atoms with van der Waals surface area (Å²) in [7, 11) is -3.32.